The molecule has 2 N–H and O–H groups in total. The van der Waals surface area contributed by atoms with E-state index in [1.54, 1.807) is 11.0 Å². The zero-order chi connectivity index (χ0) is 15.3. The second kappa shape index (κ2) is 5.26. The van der Waals surface area contributed by atoms with Crippen molar-refractivity contribution in [2.24, 2.45) is 0 Å². The molecule has 3 rings (SSSR count). The van der Waals surface area contributed by atoms with Crippen molar-refractivity contribution in [2.45, 2.75) is 25.9 Å². The van der Waals surface area contributed by atoms with Gasteiger partial charge in [0.15, 0.2) is 5.82 Å². The van der Waals surface area contributed by atoms with E-state index in [1.807, 2.05) is 6.92 Å². The molecule has 1 atom stereocenters. The molecule has 21 heavy (non-hydrogen) atoms. The maximum atomic E-state index is 14.3. The Kier molecular flexibility index (Phi) is 3.71. The molecule has 1 aromatic carbocycles. The Morgan fingerprint density at radius 3 is 3.05 bits per heavy atom. The monoisotopic (exact) mass is 374 g/mol. The number of aliphatic hydroxyl groups excluding tert-OH is 1. The number of benzene rings is 1. The van der Waals surface area contributed by atoms with Crippen LogP contribution < -0.4 is 0 Å². The van der Waals surface area contributed by atoms with Crippen LogP contribution in [0.1, 0.15) is 18.2 Å². The maximum Gasteiger partial charge on any atom is 0.248 e. The summed E-state index contributed by atoms with van der Waals surface area (Å²) in [5, 5.41) is 9.81. The number of hydrogen-bond donors (Lipinski definition) is 2. The highest BCUT2D eigenvalue weighted by Crippen LogP contribution is 2.37. The van der Waals surface area contributed by atoms with Gasteiger partial charge < -0.3 is 15.0 Å². The molecule has 0 saturated heterocycles. The number of aromatic nitrogens is 1. The van der Waals surface area contributed by atoms with Gasteiger partial charge in [0.2, 0.25) is 5.91 Å². The fourth-order valence-electron chi connectivity index (χ4n) is 2.86. The molecular formula is C14H13BrClFN2O2. The first kappa shape index (κ1) is 14.8. The second-order valence-electron chi connectivity index (χ2n) is 5.22. The van der Waals surface area contributed by atoms with Crippen molar-refractivity contribution >= 4 is 44.3 Å². The molecule has 0 radical (unpaired) electrons. The first-order valence-electron chi connectivity index (χ1n) is 6.51. The Labute approximate surface area is 134 Å². The lowest BCUT2D eigenvalue weighted by atomic mass is 9.99. The standard InChI is InChI=1S/C14H13BrClFN2O2/c1-6-2-10-8(4-19(6)11(21)5-20)7-3-9(15)12(16)13(17)14(7)18-10/h3,6,18,20H,2,4-5H2,1H3/t6-/m1/s1. The quantitative estimate of drug-likeness (QED) is 0.753. The van der Waals surface area contributed by atoms with Crippen molar-refractivity contribution in [1.82, 2.24) is 9.88 Å². The summed E-state index contributed by atoms with van der Waals surface area (Å²) in [6, 6.07) is 1.71. The molecule has 0 aliphatic carbocycles. The van der Waals surface area contributed by atoms with Crippen molar-refractivity contribution in [2.75, 3.05) is 6.61 Å². The van der Waals surface area contributed by atoms with Gasteiger partial charge >= 0.3 is 0 Å². The summed E-state index contributed by atoms with van der Waals surface area (Å²) in [6.45, 7) is 1.73. The van der Waals surface area contributed by atoms with E-state index in [9.17, 15) is 9.18 Å². The van der Waals surface area contributed by atoms with Gasteiger partial charge in [-0.3, -0.25) is 4.79 Å². The van der Waals surface area contributed by atoms with Gasteiger partial charge in [0.25, 0.3) is 0 Å². The Balaban J connectivity index is 2.17. The van der Waals surface area contributed by atoms with E-state index in [0.29, 0.717) is 28.3 Å². The highest BCUT2D eigenvalue weighted by molar-refractivity contribution is 9.10. The van der Waals surface area contributed by atoms with Gasteiger partial charge in [-0.05, 0) is 28.9 Å². The Bertz CT molecular complexity index is 746. The van der Waals surface area contributed by atoms with Gasteiger partial charge in [-0.2, -0.15) is 0 Å². The van der Waals surface area contributed by atoms with E-state index in [0.717, 1.165) is 11.3 Å². The highest BCUT2D eigenvalue weighted by atomic mass is 79.9. The van der Waals surface area contributed by atoms with Crippen LogP contribution in [-0.4, -0.2) is 33.5 Å². The molecule has 1 aromatic heterocycles. The third-order valence-electron chi connectivity index (χ3n) is 3.94. The van der Waals surface area contributed by atoms with Crippen LogP contribution in [0, 0.1) is 5.82 Å². The number of nitrogens with one attached hydrogen (secondary N) is 1. The molecule has 7 heteroatoms. The van der Waals surface area contributed by atoms with Crippen LogP contribution in [0.4, 0.5) is 4.39 Å². The van der Waals surface area contributed by atoms with E-state index in [1.165, 1.54) is 0 Å². The third-order valence-corrected chi connectivity index (χ3v) is 5.17. The van der Waals surface area contributed by atoms with Gasteiger partial charge in [0.1, 0.15) is 6.61 Å². The summed E-state index contributed by atoms with van der Waals surface area (Å²) >= 11 is 9.15. The number of fused-ring (bicyclic) bond motifs is 3. The van der Waals surface area contributed by atoms with E-state index < -0.39 is 12.4 Å². The Morgan fingerprint density at radius 1 is 1.67 bits per heavy atom. The number of amides is 1. The van der Waals surface area contributed by atoms with Gasteiger partial charge in [-0.25, -0.2) is 4.39 Å². The zero-order valence-electron chi connectivity index (χ0n) is 11.2. The van der Waals surface area contributed by atoms with Crippen molar-refractivity contribution in [3.8, 4) is 0 Å². The first-order valence-corrected chi connectivity index (χ1v) is 7.68. The maximum absolute atomic E-state index is 14.3. The number of aromatic amines is 1. The van der Waals surface area contributed by atoms with Crippen molar-refractivity contribution in [3.63, 3.8) is 0 Å². The Hall–Kier alpha value is -1.11. The van der Waals surface area contributed by atoms with Gasteiger partial charge in [0.05, 0.1) is 10.5 Å². The summed E-state index contributed by atoms with van der Waals surface area (Å²) in [7, 11) is 0. The fraction of sp³-hybridized carbons (Fsp3) is 0.357. The molecule has 1 amide bonds. The van der Waals surface area contributed by atoms with Crippen LogP contribution in [0.3, 0.4) is 0 Å². The summed E-state index contributed by atoms with van der Waals surface area (Å²) in [5.41, 5.74) is 2.15. The summed E-state index contributed by atoms with van der Waals surface area (Å²) in [4.78, 5) is 16.5. The average molecular weight is 376 g/mol. The topological polar surface area (TPSA) is 56.3 Å². The van der Waals surface area contributed by atoms with Gasteiger partial charge in [0, 0.05) is 40.1 Å². The number of rotatable bonds is 1. The SMILES string of the molecule is C[C@@H]1Cc2[nH]c3c(F)c(Cl)c(Br)cc3c2CN1C(=O)CO. The number of H-pyrrole nitrogens is 1. The molecule has 4 nitrogen and oxygen atoms in total. The zero-order valence-corrected chi connectivity index (χ0v) is 13.6. The van der Waals surface area contributed by atoms with Crippen LogP contribution in [0.25, 0.3) is 10.9 Å². The molecular weight excluding hydrogens is 363 g/mol. The third kappa shape index (κ3) is 2.25. The number of aliphatic hydroxyl groups is 1. The van der Waals surface area contributed by atoms with Crippen LogP contribution >= 0.6 is 27.5 Å². The predicted molar refractivity (Wildman–Crippen MR) is 81.8 cm³/mol. The fourth-order valence-corrected chi connectivity index (χ4v) is 3.41. The second-order valence-corrected chi connectivity index (χ2v) is 6.46. The summed E-state index contributed by atoms with van der Waals surface area (Å²) < 4.78 is 14.7. The van der Waals surface area contributed by atoms with Crippen LogP contribution in [0.5, 0.6) is 0 Å². The molecule has 0 fully saturated rings. The molecule has 0 unspecified atom stereocenters. The Morgan fingerprint density at radius 2 is 2.38 bits per heavy atom. The minimum Gasteiger partial charge on any atom is -0.387 e. The smallest absolute Gasteiger partial charge is 0.248 e. The van der Waals surface area contributed by atoms with Gasteiger partial charge in [-0.1, -0.05) is 11.6 Å². The lowest BCUT2D eigenvalue weighted by molar-refractivity contribution is -0.137. The van der Waals surface area contributed by atoms with Crippen LogP contribution in [-0.2, 0) is 17.8 Å². The van der Waals surface area contributed by atoms with Crippen molar-refractivity contribution in [1.29, 1.82) is 0 Å². The van der Waals surface area contributed by atoms with E-state index in [4.69, 9.17) is 16.7 Å². The molecule has 1 aliphatic rings. The lowest BCUT2D eigenvalue weighted by Crippen LogP contribution is -2.43. The van der Waals surface area contributed by atoms with Gasteiger partial charge in [-0.15, -0.1) is 0 Å². The first-order chi connectivity index (χ1) is 9.93. The molecule has 112 valence electrons. The summed E-state index contributed by atoms with van der Waals surface area (Å²) in [6.07, 6.45) is 0.588. The number of carbonyl (C=O) groups is 1. The lowest BCUT2D eigenvalue weighted by Gasteiger charge is -2.33. The van der Waals surface area contributed by atoms with Crippen molar-refractivity contribution in [3.05, 3.63) is 32.6 Å². The molecule has 0 bridgehead atoms. The molecule has 0 spiro atoms. The number of carbonyl (C=O) groups excluding carboxylic acids is 1. The molecule has 2 heterocycles. The van der Waals surface area contributed by atoms with E-state index in [-0.39, 0.29) is 17.0 Å². The molecule has 1 aliphatic heterocycles. The molecule has 0 saturated carbocycles. The number of nitrogens with zero attached hydrogens (tertiary/aromatic N) is 1. The largest absolute Gasteiger partial charge is 0.387 e. The number of halogens is 3. The van der Waals surface area contributed by atoms with E-state index >= 15 is 0 Å². The van der Waals surface area contributed by atoms with Crippen LogP contribution in [0.2, 0.25) is 5.02 Å². The number of hydrogen-bond acceptors (Lipinski definition) is 2. The highest BCUT2D eigenvalue weighted by Gasteiger charge is 2.30. The minimum atomic E-state index is -0.522. The normalized spacial score (nSPS) is 18.1. The van der Waals surface area contributed by atoms with Crippen LogP contribution in [0.15, 0.2) is 10.5 Å². The minimum absolute atomic E-state index is 0.0393. The average Bonchev–Trinajstić information content (AvgIpc) is 2.81. The van der Waals surface area contributed by atoms with E-state index in [2.05, 4.69) is 20.9 Å². The predicted octanol–water partition coefficient (Wildman–Crippen LogP) is 2.99. The summed E-state index contributed by atoms with van der Waals surface area (Å²) in [5.74, 6) is -0.820. The molecule has 2 aromatic rings. The van der Waals surface area contributed by atoms with Crippen molar-refractivity contribution < 1.29 is 14.3 Å².